The molecule has 0 unspecified atom stereocenters. The number of amides is 3. The van der Waals surface area contributed by atoms with E-state index in [4.69, 9.17) is 0 Å². The van der Waals surface area contributed by atoms with E-state index in [1.54, 1.807) is 13.8 Å². The molecule has 0 radical (unpaired) electrons. The molecule has 0 aromatic heterocycles. The summed E-state index contributed by atoms with van der Waals surface area (Å²) in [6.45, 7) is 5.89. The molecule has 0 spiro atoms. The van der Waals surface area contributed by atoms with Gasteiger partial charge in [-0.1, -0.05) is 13.8 Å². The average Bonchev–Trinajstić information content (AvgIpc) is 2.49. The van der Waals surface area contributed by atoms with Gasteiger partial charge in [0.2, 0.25) is 17.7 Å². The van der Waals surface area contributed by atoms with Crippen LogP contribution in [0.25, 0.3) is 0 Å². The maximum atomic E-state index is 11.9. The van der Waals surface area contributed by atoms with Crippen LogP contribution in [0.5, 0.6) is 0 Å². The van der Waals surface area contributed by atoms with E-state index >= 15 is 0 Å². The number of nitrogens with one attached hydrogen (secondary N) is 3. The Morgan fingerprint density at radius 2 is 1.24 bits per heavy atom. The standard InChI is InChI=1S/C15H25N3O7/c1-7(2)12(15(24)25)18-14(23)9(4)17-13(22)8(3)16-10(19)5-6-11(20)21/h7-9,12H,5-6H2,1-4H3,(H,16,19)(H,17,22)(H,18,23)(H,20,21)(H,24,25)/p-2/t8-,9-,12-/m0/s1. The third-order valence-corrected chi connectivity index (χ3v) is 3.30. The number of carboxylic acid groups (broad SMARTS) is 2. The summed E-state index contributed by atoms with van der Waals surface area (Å²) in [7, 11) is 0. The lowest BCUT2D eigenvalue weighted by Gasteiger charge is -2.25. The molecule has 0 fully saturated rings. The van der Waals surface area contributed by atoms with E-state index in [0.717, 1.165) is 0 Å². The number of aliphatic carboxylic acids is 2. The molecular formula is C15H23N3O7-2. The van der Waals surface area contributed by atoms with Crippen LogP contribution in [0.1, 0.15) is 40.5 Å². The topological polar surface area (TPSA) is 168 Å². The number of carbonyl (C=O) groups is 5. The second-order valence-electron chi connectivity index (χ2n) is 5.94. The normalized spacial score (nSPS) is 14.1. The fraction of sp³-hybridized carbons (Fsp3) is 0.667. The van der Waals surface area contributed by atoms with E-state index in [2.05, 4.69) is 16.0 Å². The number of rotatable bonds is 10. The summed E-state index contributed by atoms with van der Waals surface area (Å²) < 4.78 is 0. The molecule has 142 valence electrons. The molecule has 0 saturated carbocycles. The lowest BCUT2D eigenvalue weighted by molar-refractivity contribution is -0.309. The van der Waals surface area contributed by atoms with Gasteiger partial charge < -0.3 is 35.8 Å². The summed E-state index contributed by atoms with van der Waals surface area (Å²) in [6, 6.07) is -3.25. The van der Waals surface area contributed by atoms with Gasteiger partial charge in [-0.25, -0.2) is 0 Å². The van der Waals surface area contributed by atoms with E-state index in [-0.39, 0.29) is 6.42 Å². The van der Waals surface area contributed by atoms with Crippen molar-refractivity contribution in [1.29, 1.82) is 0 Å². The Balaban J connectivity index is 4.52. The molecule has 0 rings (SSSR count). The molecule has 3 atom stereocenters. The fourth-order valence-electron chi connectivity index (χ4n) is 1.77. The second-order valence-corrected chi connectivity index (χ2v) is 5.94. The Morgan fingerprint density at radius 1 is 0.760 bits per heavy atom. The van der Waals surface area contributed by atoms with Gasteiger partial charge in [0.25, 0.3) is 0 Å². The van der Waals surface area contributed by atoms with Gasteiger partial charge in [-0.2, -0.15) is 0 Å². The number of carbonyl (C=O) groups excluding carboxylic acids is 5. The maximum Gasteiger partial charge on any atom is 0.242 e. The van der Waals surface area contributed by atoms with Crippen LogP contribution in [0.15, 0.2) is 0 Å². The fourth-order valence-corrected chi connectivity index (χ4v) is 1.77. The van der Waals surface area contributed by atoms with Gasteiger partial charge in [0.15, 0.2) is 0 Å². The highest BCUT2D eigenvalue weighted by Gasteiger charge is 2.24. The summed E-state index contributed by atoms with van der Waals surface area (Å²) in [5.74, 6) is -5.27. The third kappa shape index (κ3) is 8.68. The molecule has 0 aliphatic carbocycles. The highest BCUT2D eigenvalue weighted by atomic mass is 16.4. The van der Waals surface area contributed by atoms with E-state index in [9.17, 15) is 34.2 Å². The van der Waals surface area contributed by atoms with Crippen molar-refractivity contribution < 1.29 is 34.2 Å². The van der Waals surface area contributed by atoms with Crippen LogP contribution in [0.4, 0.5) is 0 Å². The number of carboxylic acids is 2. The Hall–Kier alpha value is -2.65. The van der Waals surface area contributed by atoms with Crippen molar-refractivity contribution in [3.8, 4) is 0 Å². The van der Waals surface area contributed by atoms with Gasteiger partial charge in [-0.05, 0) is 26.2 Å². The molecule has 0 aliphatic rings. The van der Waals surface area contributed by atoms with Crippen LogP contribution in [-0.4, -0.2) is 47.8 Å². The van der Waals surface area contributed by atoms with E-state index in [0.29, 0.717) is 0 Å². The molecule has 0 aromatic rings. The minimum Gasteiger partial charge on any atom is -0.550 e. The van der Waals surface area contributed by atoms with Crippen LogP contribution in [0.3, 0.4) is 0 Å². The van der Waals surface area contributed by atoms with Gasteiger partial charge in [0.1, 0.15) is 12.1 Å². The molecule has 0 bridgehead atoms. The van der Waals surface area contributed by atoms with Crippen molar-refractivity contribution in [3.05, 3.63) is 0 Å². The number of hydrogen-bond acceptors (Lipinski definition) is 7. The van der Waals surface area contributed by atoms with E-state index in [1.165, 1.54) is 13.8 Å². The van der Waals surface area contributed by atoms with Crippen molar-refractivity contribution in [3.63, 3.8) is 0 Å². The average molecular weight is 357 g/mol. The van der Waals surface area contributed by atoms with E-state index < -0.39 is 60.1 Å². The van der Waals surface area contributed by atoms with Crippen molar-refractivity contribution in [2.75, 3.05) is 0 Å². The molecular weight excluding hydrogens is 334 g/mol. The first-order valence-corrected chi connectivity index (χ1v) is 7.76. The van der Waals surface area contributed by atoms with Crippen LogP contribution in [0.2, 0.25) is 0 Å². The maximum absolute atomic E-state index is 11.9. The summed E-state index contributed by atoms with van der Waals surface area (Å²) in [6.07, 6.45) is -0.809. The molecule has 0 aromatic carbocycles. The van der Waals surface area contributed by atoms with Gasteiger partial charge in [0.05, 0.1) is 12.0 Å². The first kappa shape index (κ1) is 22.4. The van der Waals surface area contributed by atoms with Crippen molar-refractivity contribution >= 4 is 29.7 Å². The Bertz CT molecular complexity index is 533. The van der Waals surface area contributed by atoms with Crippen LogP contribution >= 0.6 is 0 Å². The molecule has 0 heterocycles. The molecule has 0 saturated heterocycles. The summed E-state index contributed by atoms with van der Waals surface area (Å²) in [4.78, 5) is 56.5. The summed E-state index contributed by atoms with van der Waals surface area (Å²) in [5, 5.41) is 28.1. The molecule has 3 N–H and O–H groups in total. The lowest BCUT2D eigenvalue weighted by Crippen LogP contribution is -2.57. The van der Waals surface area contributed by atoms with Crippen molar-refractivity contribution in [2.24, 2.45) is 5.92 Å². The molecule has 25 heavy (non-hydrogen) atoms. The zero-order valence-corrected chi connectivity index (χ0v) is 14.6. The second kappa shape index (κ2) is 10.3. The Labute approximate surface area is 145 Å². The quantitative estimate of drug-likeness (QED) is 0.363. The van der Waals surface area contributed by atoms with Gasteiger partial charge in [-0.15, -0.1) is 0 Å². The largest absolute Gasteiger partial charge is 0.550 e. The third-order valence-electron chi connectivity index (χ3n) is 3.30. The van der Waals surface area contributed by atoms with Crippen LogP contribution in [-0.2, 0) is 24.0 Å². The predicted octanol–water partition coefficient (Wildman–Crippen LogP) is -3.58. The SMILES string of the molecule is CC(C)[C@H](NC(=O)[C@H](C)NC(=O)[C@H](C)NC(=O)CCC(=O)[O-])C(=O)[O-]. The van der Waals surface area contributed by atoms with Crippen molar-refractivity contribution in [2.45, 2.75) is 58.7 Å². The minimum absolute atomic E-state index is 0.336. The van der Waals surface area contributed by atoms with E-state index in [1.807, 2.05) is 0 Å². The highest BCUT2D eigenvalue weighted by Crippen LogP contribution is 2.01. The van der Waals surface area contributed by atoms with Crippen LogP contribution in [0, 0.1) is 5.92 Å². The predicted molar refractivity (Wildman–Crippen MR) is 81.2 cm³/mol. The first-order chi connectivity index (χ1) is 11.5. The smallest absolute Gasteiger partial charge is 0.242 e. The van der Waals surface area contributed by atoms with Gasteiger partial charge in [0, 0.05) is 12.4 Å². The van der Waals surface area contributed by atoms with Gasteiger partial charge >= 0.3 is 0 Å². The number of hydrogen-bond donors (Lipinski definition) is 3. The van der Waals surface area contributed by atoms with Gasteiger partial charge in [-0.3, -0.25) is 14.4 Å². The Morgan fingerprint density at radius 3 is 1.68 bits per heavy atom. The lowest BCUT2D eigenvalue weighted by atomic mass is 10.0. The molecule has 0 aliphatic heterocycles. The molecule has 10 heteroatoms. The Kier molecular flexibility index (Phi) is 9.18. The van der Waals surface area contributed by atoms with Crippen LogP contribution < -0.4 is 26.2 Å². The van der Waals surface area contributed by atoms with Crippen molar-refractivity contribution in [1.82, 2.24) is 16.0 Å². The summed E-state index contributed by atoms with van der Waals surface area (Å²) >= 11 is 0. The molecule has 3 amide bonds. The monoisotopic (exact) mass is 357 g/mol. The first-order valence-electron chi connectivity index (χ1n) is 7.76. The summed E-state index contributed by atoms with van der Waals surface area (Å²) in [5.41, 5.74) is 0. The molecule has 10 nitrogen and oxygen atoms in total. The minimum atomic E-state index is -1.43. The zero-order chi connectivity index (χ0) is 19.7. The highest BCUT2D eigenvalue weighted by molar-refractivity contribution is 5.93. The zero-order valence-electron chi connectivity index (χ0n) is 14.6.